The van der Waals surface area contributed by atoms with Gasteiger partial charge in [0.1, 0.15) is 4.99 Å². The van der Waals surface area contributed by atoms with E-state index in [1.807, 2.05) is 29.7 Å². The molecule has 0 unspecified atom stereocenters. The van der Waals surface area contributed by atoms with E-state index in [1.165, 1.54) is 10.9 Å². The van der Waals surface area contributed by atoms with E-state index in [9.17, 15) is 0 Å². The number of aromatic nitrogens is 1. The van der Waals surface area contributed by atoms with Crippen LogP contribution in [0.3, 0.4) is 0 Å². The number of rotatable bonds is 5. The second-order valence-electron chi connectivity index (χ2n) is 5.31. The fraction of sp³-hybridized carbons (Fsp3) is 0.167. The standard InChI is InChI=1S/C18H18N2OS/c21-19-18(22)16-9-8-15-10-12-20(17(15)13-16)11-4-7-14-5-2-1-3-6-14/h1-3,5-6,8-10,12-13,21H,4,7,11H2,(H,19,22). The first kappa shape index (κ1) is 14.8. The van der Waals surface area contributed by atoms with Crippen molar-refractivity contribution in [2.75, 3.05) is 0 Å². The molecule has 112 valence electrons. The maximum atomic E-state index is 8.95. The summed E-state index contributed by atoms with van der Waals surface area (Å²) < 4.78 is 2.24. The van der Waals surface area contributed by atoms with Gasteiger partial charge in [0.05, 0.1) is 0 Å². The van der Waals surface area contributed by atoms with E-state index in [0.29, 0.717) is 4.99 Å². The number of aryl methyl sites for hydroxylation is 2. The first-order valence-electron chi connectivity index (χ1n) is 7.35. The van der Waals surface area contributed by atoms with E-state index in [-0.39, 0.29) is 0 Å². The van der Waals surface area contributed by atoms with Crippen LogP contribution < -0.4 is 5.48 Å². The minimum atomic E-state index is 0.346. The molecule has 0 aliphatic carbocycles. The van der Waals surface area contributed by atoms with Crippen molar-refractivity contribution in [3.05, 3.63) is 71.9 Å². The number of nitrogens with zero attached hydrogens (tertiary/aromatic N) is 1. The molecule has 0 radical (unpaired) electrons. The van der Waals surface area contributed by atoms with Crippen LogP contribution in [0.5, 0.6) is 0 Å². The van der Waals surface area contributed by atoms with Gasteiger partial charge in [0, 0.05) is 23.8 Å². The summed E-state index contributed by atoms with van der Waals surface area (Å²) in [4.78, 5) is 0.346. The highest BCUT2D eigenvalue weighted by Gasteiger charge is 2.05. The highest BCUT2D eigenvalue weighted by Crippen LogP contribution is 2.19. The molecule has 3 rings (SSSR count). The molecular formula is C18H18N2OS. The van der Waals surface area contributed by atoms with Crippen molar-refractivity contribution in [3.63, 3.8) is 0 Å². The fourth-order valence-electron chi connectivity index (χ4n) is 2.68. The summed E-state index contributed by atoms with van der Waals surface area (Å²) in [6.45, 7) is 0.959. The molecule has 0 aliphatic heterocycles. The lowest BCUT2D eigenvalue weighted by Gasteiger charge is -2.08. The largest absolute Gasteiger partial charge is 0.347 e. The van der Waals surface area contributed by atoms with E-state index < -0.39 is 0 Å². The minimum absolute atomic E-state index is 0.346. The molecule has 0 saturated carbocycles. The number of fused-ring (bicyclic) bond motifs is 1. The monoisotopic (exact) mass is 310 g/mol. The summed E-state index contributed by atoms with van der Waals surface area (Å²) in [5.74, 6) is 0. The van der Waals surface area contributed by atoms with E-state index in [0.717, 1.165) is 30.5 Å². The number of thiocarbonyl (C=S) groups is 1. The minimum Gasteiger partial charge on any atom is -0.347 e. The zero-order chi connectivity index (χ0) is 15.4. The van der Waals surface area contributed by atoms with Gasteiger partial charge < -0.3 is 4.57 Å². The Kier molecular flexibility index (Phi) is 4.51. The van der Waals surface area contributed by atoms with Gasteiger partial charge in [0.15, 0.2) is 0 Å². The van der Waals surface area contributed by atoms with Crippen LogP contribution in [-0.4, -0.2) is 14.8 Å². The Morgan fingerprint density at radius 3 is 2.68 bits per heavy atom. The van der Waals surface area contributed by atoms with Gasteiger partial charge in [0.2, 0.25) is 0 Å². The Bertz CT molecular complexity index is 780. The van der Waals surface area contributed by atoms with Crippen molar-refractivity contribution in [2.24, 2.45) is 0 Å². The maximum Gasteiger partial charge on any atom is 0.130 e. The zero-order valence-electron chi connectivity index (χ0n) is 12.2. The zero-order valence-corrected chi connectivity index (χ0v) is 13.0. The predicted octanol–water partition coefficient (Wildman–Crippen LogP) is 3.93. The topological polar surface area (TPSA) is 37.2 Å². The van der Waals surface area contributed by atoms with Crippen molar-refractivity contribution in [1.29, 1.82) is 0 Å². The number of hydrogen-bond acceptors (Lipinski definition) is 2. The van der Waals surface area contributed by atoms with Gasteiger partial charge >= 0.3 is 0 Å². The SMILES string of the molecule is ONC(=S)c1ccc2ccn(CCCc3ccccc3)c2c1. The van der Waals surface area contributed by atoms with Gasteiger partial charge in [-0.2, -0.15) is 0 Å². The first-order chi connectivity index (χ1) is 10.8. The molecular weight excluding hydrogens is 292 g/mol. The molecule has 0 bridgehead atoms. The summed E-state index contributed by atoms with van der Waals surface area (Å²) in [5.41, 5.74) is 5.38. The van der Waals surface area contributed by atoms with Crippen LogP contribution in [0.4, 0.5) is 0 Å². The van der Waals surface area contributed by atoms with Crippen LogP contribution in [0.25, 0.3) is 10.9 Å². The lowest BCUT2D eigenvalue weighted by Crippen LogP contribution is -2.17. The van der Waals surface area contributed by atoms with Gasteiger partial charge in [-0.3, -0.25) is 10.7 Å². The van der Waals surface area contributed by atoms with Crippen LogP contribution >= 0.6 is 12.2 Å². The molecule has 0 atom stereocenters. The molecule has 22 heavy (non-hydrogen) atoms. The summed E-state index contributed by atoms with van der Waals surface area (Å²) in [7, 11) is 0. The van der Waals surface area contributed by atoms with Gasteiger partial charge in [-0.25, -0.2) is 0 Å². The van der Waals surface area contributed by atoms with Crippen molar-refractivity contribution >= 4 is 28.1 Å². The molecule has 2 aromatic carbocycles. The molecule has 4 heteroatoms. The molecule has 3 nitrogen and oxygen atoms in total. The van der Waals surface area contributed by atoms with E-state index in [1.54, 1.807) is 0 Å². The van der Waals surface area contributed by atoms with Crippen molar-refractivity contribution in [1.82, 2.24) is 10.0 Å². The second-order valence-corrected chi connectivity index (χ2v) is 5.72. The molecule has 0 aliphatic rings. The highest BCUT2D eigenvalue weighted by molar-refractivity contribution is 7.80. The molecule has 1 heterocycles. The number of nitrogens with one attached hydrogen (secondary N) is 1. The lowest BCUT2D eigenvalue weighted by molar-refractivity contribution is 0.238. The van der Waals surface area contributed by atoms with Crippen LogP contribution in [0.2, 0.25) is 0 Å². The third-order valence-corrected chi connectivity index (χ3v) is 4.17. The average molecular weight is 310 g/mol. The van der Waals surface area contributed by atoms with Crippen LogP contribution in [0, 0.1) is 0 Å². The van der Waals surface area contributed by atoms with Gasteiger partial charge in [-0.05, 0) is 35.9 Å². The third-order valence-electron chi connectivity index (χ3n) is 3.84. The fourth-order valence-corrected chi connectivity index (χ4v) is 2.81. The molecule has 0 amide bonds. The average Bonchev–Trinajstić information content (AvgIpc) is 2.97. The Hall–Kier alpha value is -2.17. The van der Waals surface area contributed by atoms with Gasteiger partial charge in [-0.1, -0.05) is 54.7 Å². The first-order valence-corrected chi connectivity index (χ1v) is 7.76. The van der Waals surface area contributed by atoms with Gasteiger partial charge in [0.25, 0.3) is 0 Å². The van der Waals surface area contributed by atoms with Gasteiger partial charge in [-0.15, -0.1) is 0 Å². The predicted molar refractivity (Wildman–Crippen MR) is 93.3 cm³/mol. The second kappa shape index (κ2) is 6.73. The molecule has 0 saturated heterocycles. The van der Waals surface area contributed by atoms with Crippen molar-refractivity contribution in [2.45, 2.75) is 19.4 Å². The van der Waals surface area contributed by atoms with E-state index in [2.05, 4.69) is 41.1 Å². The number of benzene rings is 2. The summed E-state index contributed by atoms with van der Waals surface area (Å²) in [6, 6.07) is 18.6. The smallest absolute Gasteiger partial charge is 0.130 e. The summed E-state index contributed by atoms with van der Waals surface area (Å²) in [6.07, 6.45) is 4.26. The van der Waals surface area contributed by atoms with E-state index >= 15 is 0 Å². The molecule has 0 fully saturated rings. The Balaban J connectivity index is 1.74. The summed E-state index contributed by atoms with van der Waals surface area (Å²) in [5, 5.41) is 10.1. The molecule has 2 N–H and O–H groups in total. The van der Waals surface area contributed by atoms with Crippen molar-refractivity contribution < 1.29 is 5.21 Å². The third kappa shape index (κ3) is 3.18. The Morgan fingerprint density at radius 2 is 1.91 bits per heavy atom. The summed E-state index contributed by atoms with van der Waals surface area (Å²) >= 11 is 5.08. The Morgan fingerprint density at radius 1 is 1.09 bits per heavy atom. The highest BCUT2D eigenvalue weighted by atomic mass is 32.1. The maximum absolute atomic E-state index is 8.95. The van der Waals surface area contributed by atoms with Crippen LogP contribution in [0.15, 0.2) is 60.8 Å². The van der Waals surface area contributed by atoms with Crippen molar-refractivity contribution in [3.8, 4) is 0 Å². The quantitative estimate of drug-likeness (QED) is 0.554. The molecule has 0 spiro atoms. The molecule has 1 aromatic heterocycles. The van der Waals surface area contributed by atoms with Crippen LogP contribution in [0.1, 0.15) is 17.5 Å². The van der Waals surface area contributed by atoms with E-state index in [4.69, 9.17) is 17.4 Å². The lowest BCUT2D eigenvalue weighted by atomic mass is 10.1. The van der Waals surface area contributed by atoms with Crippen LogP contribution in [-0.2, 0) is 13.0 Å². The molecule has 3 aromatic rings. The number of hydrogen-bond donors (Lipinski definition) is 2. The Labute approximate surface area is 135 Å². The normalized spacial score (nSPS) is 10.8. The number of hydroxylamine groups is 1.